The van der Waals surface area contributed by atoms with Gasteiger partial charge in [0.2, 0.25) is 0 Å². The zero-order chi connectivity index (χ0) is 13.5. The SMILES string of the molecule is Cn1ccnc1CCN(CCO)Cc1ccccc1. The van der Waals surface area contributed by atoms with Crippen molar-refractivity contribution in [2.75, 3.05) is 19.7 Å². The molecule has 1 aromatic heterocycles. The molecule has 0 saturated heterocycles. The van der Waals surface area contributed by atoms with Gasteiger partial charge >= 0.3 is 0 Å². The van der Waals surface area contributed by atoms with E-state index in [9.17, 15) is 0 Å². The number of imidazole rings is 1. The van der Waals surface area contributed by atoms with E-state index in [1.54, 1.807) is 0 Å². The molecule has 0 saturated carbocycles. The van der Waals surface area contributed by atoms with Crippen LogP contribution in [0.1, 0.15) is 11.4 Å². The molecule has 4 nitrogen and oxygen atoms in total. The Morgan fingerprint density at radius 2 is 2.00 bits per heavy atom. The molecule has 1 N–H and O–H groups in total. The minimum absolute atomic E-state index is 0.188. The summed E-state index contributed by atoms with van der Waals surface area (Å²) in [5.74, 6) is 1.08. The van der Waals surface area contributed by atoms with Gasteiger partial charge in [0.1, 0.15) is 5.82 Å². The van der Waals surface area contributed by atoms with Gasteiger partial charge in [0.25, 0.3) is 0 Å². The molecule has 0 bridgehead atoms. The van der Waals surface area contributed by atoms with E-state index in [1.165, 1.54) is 5.56 Å². The second kappa shape index (κ2) is 7.07. The lowest BCUT2D eigenvalue weighted by atomic mass is 10.2. The van der Waals surface area contributed by atoms with Crippen LogP contribution in [0.25, 0.3) is 0 Å². The molecule has 4 heteroatoms. The molecule has 0 spiro atoms. The average molecular weight is 259 g/mol. The van der Waals surface area contributed by atoms with Gasteiger partial charge in [-0.3, -0.25) is 4.90 Å². The third kappa shape index (κ3) is 4.19. The largest absolute Gasteiger partial charge is 0.395 e. The second-order valence-electron chi connectivity index (χ2n) is 4.69. The van der Waals surface area contributed by atoms with Crippen LogP contribution in [0.15, 0.2) is 42.7 Å². The van der Waals surface area contributed by atoms with Gasteiger partial charge < -0.3 is 9.67 Å². The Hall–Kier alpha value is -1.65. The van der Waals surface area contributed by atoms with Crippen LogP contribution in [0, 0.1) is 0 Å². The summed E-state index contributed by atoms with van der Waals surface area (Å²) in [6.45, 7) is 2.65. The topological polar surface area (TPSA) is 41.3 Å². The van der Waals surface area contributed by atoms with Crippen molar-refractivity contribution in [3.63, 3.8) is 0 Å². The summed E-state index contributed by atoms with van der Waals surface area (Å²) in [5, 5.41) is 9.16. The molecule has 1 aromatic carbocycles. The first-order valence-corrected chi connectivity index (χ1v) is 6.63. The van der Waals surface area contributed by atoms with Crippen LogP contribution in [0.3, 0.4) is 0 Å². The molecule has 0 unspecified atom stereocenters. The number of nitrogens with zero attached hydrogens (tertiary/aromatic N) is 3. The van der Waals surface area contributed by atoms with Crippen molar-refractivity contribution < 1.29 is 5.11 Å². The molecule has 0 radical (unpaired) electrons. The Balaban J connectivity index is 1.91. The zero-order valence-corrected chi connectivity index (χ0v) is 11.4. The minimum Gasteiger partial charge on any atom is -0.395 e. The highest BCUT2D eigenvalue weighted by Gasteiger charge is 2.07. The van der Waals surface area contributed by atoms with E-state index in [0.29, 0.717) is 6.54 Å². The van der Waals surface area contributed by atoms with E-state index in [1.807, 2.05) is 42.2 Å². The van der Waals surface area contributed by atoms with E-state index in [2.05, 4.69) is 22.0 Å². The van der Waals surface area contributed by atoms with Gasteiger partial charge in [-0.15, -0.1) is 0 Å². The summed E-state index contributed by atoms with van der Waals surface area (Å²) in [6.07, 6.45) is 4.68. The predicted molar refractivity (Wildman–Crippen MR) is 75.7 cm³/mol. The lowest BCUT2D eigenvalue weighted by Crippen LogP contribution is -2.29. The molecule has 102 valence electrons. The van der Waals surface area contributed by atoms with Gasteiger partial charge in [-0.05, 0) is 5.56 Å². The van der Waals surface area contributed by atoms with Crippen molar-refractivity contribution in [1.82, 2.24) is 14.5 Å². The molecule has 0 amide bonds. The highest BCUT2D eigenvalue weighted by molar-refractivity contribution is 5.14. The van der Waals surface area contributed by atoms with Gasteiger partial charge in [0.15, 0.2) is 0 Å². The fourth-order valence-electron chi connectivity index (χ4n) is 2.15. The summed E-state index contributed by atoms with van der Waals surface area (Å²) < 4.78 is 2.04. The van der Waals surface area contributed by atoms with Crippen LogP contribution in [-0.4, -0.2) is 39.3 Å². The Morgan fingerprint density at radius 3 is 2.63 bits per heavy atom. The standard InChI is InChI=1S/C15H21N3O/c1-17-10-8-16-15(17)7-9-18(11-12-19)13-14-5-3-2-4-6-14/h2-6,8,10,19H,7,9,11-13H2,1H3. The first-order valence-electron chi connectivity index (χ1n) is 6.63. The fraction of sp³-hybridized carbons (Fsp3) is 0.400. The van der Waals surface area contributed by atoms with Gasteiger partial charge in [-0.1, -0.05) is 30.3 Å². The van der Waals surface area contributed by atoms with E-state index in [0.717, 1.165) is 25.3 Å². The lowest BCUT2D eigenvalue weighted by Gasteiger charge is -2.21. The Bertz CT molecular complexity index is 481. The van der Waals surface area contributed by atoms with Crippen LogP contribution >= 0.6 is 0 Å². The third-order valence-corrected chi connectivity index (χ3v) is 3.24. The molecular formula is C15H21N3O. The summed E-state index contributed by atoms with van der Waals surface area (Å²) in [5.41, 5.74) is 1.27. The first-order chi connectivity index (χ1) is 9.29. The molecule has 19 heavy (non-hydrogen) atoms. The molecule has 2 aromatic rings. The average Bonchev–Trinajstić information content (AvgIpc) is 2.83. The number of hydrogen-bond acceptors (Lipinski definition) is 3. The summed E-state index contributed by atoms with van der Waals surface area (Å²) in [7, 11) is 2.01. The molecule has 0 aliphatic carbocycles. The molecule has 1 heterocycles. The second-order valence-corrected chi connectivity index (χ2v) is 4.69. The van der Waals surface area contributed by atoms with Crippen molar-refractivity contribution in [3.8, 4) is 0 Å². The highest BCUT2D eigenvalue weighted by atomic mass is 16.3. The molecule has 0 atom stereocenters. The van der Waals surface area contributed by atoms with Crippen molar-refractivity contribution >= 4 is 0 Å². The number of aromatic nitrogens is 2. The van der Waals surface area contributed by atoms with E-state index < -0.39 is 0 Å². The lowest BCUT2D eigenvalue weighted by molar-refractivity contribution is 0.190. The quantitative estimate of drug-likeness (QED) is 0.818. The highest BCUT2D eigenvalue weighted by Crippen LogP contribution is 2.05. The predicted octanol–water partition coefficient (Wildman–Crippen LogP) is 1.46. The number of aliphatic hydroxyl groups excluding tert-OH is 1. The summed E-state index contributed by atoms with van der Waals surface area (Å²) in [6, 6.07) is 10.3. The maximum atomic E-state index is 9.16. The molecular weight excluding hydrogens is 238 g/mol. The molecule has 0 fully saturated rings. The summed E-state index contributed by atoms with van der Waals surface area (Å²) in [4.78, 5) is 6.58. The number of benzene rings is 1. The smallest absolute Gasteiger partial charge is 0.109 e. The van der Waals surface area contributed by atoms with Crippen LogP contribution in [0.4, 0.5) is 0 Å². The van der Waals surface area contributed by atoms with Crippen LogP contribution in [0.2, 0.25) is 0 Å². The van der Waals surface area contributed by atoms with Crippen molar-refractivity contribution in [2.24, 2.45) is 7.05 Å². The first kappa shape index (κ1) is 13.8. The number of aryl methyl sites for hydroxylation is 1. The van der Waals surface area contributed by atoms with Crippen molar-refractivity contribution in [3.05, 3.63) is 54.1 Å². The number of hydrogen-bond donors (Lipinski definition) is 1. The molecule has 2 rings (SSSR count). The van der Waals surface area contributed by atoms with Gasteiger partial charge in [0.05, 0.1) is 6.61 Å². The number of aliphatic hydroxyl groups is 1. The van der Waals surface area contributed by atoms with E-state index in [4.69, 9.17) is 5.11 Å². The third-order valence-electron chi connectivity index (χ3n) is 3.24. The monoisotopic (exact) mass is 259 g/mol. The van der Waals surface area contributed by atoms with Crippen molar-refractivity contribution in [1.29, 1.82) is 0 Å². The van der Waals surface area contributed by atoms with Gasteiger partial charge in [0, 0.05) is 45.5 Å². The molecule has 0 aliphatic heterocycles. The van der Waals surface area contributed by atoms with E-state index in [-0.39, 0.29) is 6.61 Å². The number of rotatable bonds is 7. The Morgan fingerprint density at radius 1 is 1.21 bits per heavy atom. The summed E-state index contributed by atoms with van der Waals surface area (Å²) >= 11 is 0. The van der Waals surface area contributed by atoms with Crippen LogP contribution < -0.4 is 0 Å². The molecule has 0 aliphatic rings. The Labute approximate surface area is 114 Å². The van der Waals surface area contributed by atoms with Crippen molar-refractivity contribution in [2.45, 2.75) is 13.0 Å². The normalized spacial score (nSPS) is 11.1. The van der Waals surface area contributed by atoms with Crippen LogP contribution in [-0.2, 0) is 20.0 Å². The Kier molecular flexibility index (Phi) is 5.12. The van der Waals surface area contributed by atoms with Gasteiger partial charge in [-0.25, -0.2) is 4.98 Å². The van der Waals surface area contributed by atoms with Crippen LogP contribution in [0.5, 0.6) is 0 Å². The van der Waals surface area contributed by atoms with E-state index >= 15 is 0 Å². The maximum Gasteiger partial charge on any atom is 0.109 e. The minimum atomic E-state index is 0.188. The zero-order valence-electron chi connectivity index (χ0n) is 11.4. The maximum absolute atomic E-state index is 9.16. The van der Waals surface area contributed by atoms with Gasteiger partial charge in [-0.2, -0.15) is 0 Å². The fourth-order valence-corrected chi connectivity index (χ4v) is 2.15.